The molecule has 0 aromatic carbocycles. The summed E-state index contributed by atoms with van der Waals surface area (Å²) in [6.07, 6.45) is 90.9. The molecule has 0 saturated heterocycles. The van der Waals surface area contributed by atoms with Crippen LogP contribution < -0.4 is 5.32 Å². The van der Waals surface area contributed by atoms with Crippen LogP contribution in [0.4, 0.5) is 0 Å². The number of amides is 1. The van der Waals surface area contributed by atoms with Crippen molar-refractivity contribution >= 4 is 11.9 Å². The van der Waals surface area contributed by atoms with Gasteiger partial charge in [-0.25, -0.2) is 0 Å². The minimum Gasteiger partial charge on any atom is -0.466 e. The molecule has 6 nitrogen and oxygen atoms in total. The molecule has 0 rings (SSSR count). The first-order chi connectivity index (χ1) is 40.0. The third kappa shape index (κ3) is 67.1. The molecule has 0 radical (unpaired) electrons. The van der Waals surface area contributed by atoms with E-state index < -0.39 is 12.1 Å². The quantitative estimate of drug-likeness (QED) is 0.0320. The standard InChI is InChI=1S/C75H143NO5/c1-3-5-7-9-11-13-15-17-19-21-22-23-24-25-27-30-33-36-39-43-47-51-55-59-63-67-73(78)72(71-77)76-74(79)68-64-60-56-52-48-44-40-37-34-31-28-26-29-32-35-38-42-46-50-54-58-62-66-70-81-75(80)69-65-61-57-53-49-45-41-20-18-16-14-12-10-8-6-4-2/h14,16,20,41,63,67,72-73,77-78H,3-13,15,17-19,21-40,42-62,64-66,68-71H2,1-2H3,(H,76,79)/b16-14-,41-20-,67-63+. The molecule has 2 unspecified atom stereocenters. The maximum Gasteiger partial charge on any atom is 0.305 e. The van der Waals surface area contributed by atoms with Crippen molar-refractivity contribution in [1.29, 1.82) is 0 Å². The topological polar surface area (TPSA) is 95.9 Å². The largest absolute Gasteiger partial charge is 0.466 e. The summed E-state index contributed by atoms with van der Waals surface area (Å²) in [6.45, 7) is 4.92. The van der Waals surface area contributed by atoms with E-state index in [1.807, 2.05) is 6.08 Å². The highest BCUT2D eigenvalue weighted by Gasteiger charge is 2.18. The van der Waals surface area contributed by atoms with Crippen LogP contribution in [0.15, 0.2) is 36.5 Å². The van der Waals surface area contributed by atoms with Crippen molar-refractivity contribution in [3.63, 3.8) is 0 Å². The van der Waals surface area contributed by atoms with Gasteiger partial charge >= 0.3 is 5.97 Å². The van der Waals surface area contributed by atoms with Crippen molar-refractivity contribution in [2.24, 2.45) is 0 Å². The summed E-state index contributed by atoms with van der Waals surface area (Å²) in [6, 6.07) is -0.630. The van der Waals surface area contributed by atoms with Gasteiger partial charge in [0.2, 0.25) is 5.91 Å². The lowest BCUT2D eigenvalue weighted by atomic mass is 10.0. The van der Waals surface area contributed by atoms with Gasteiger partial charge in [-0.2, -0.15) is 0 Å². The molecule has 81 heavy (non-hydrogen) atoms. The smallest absolute Gasteiger partial charge is 0.305 e. The van der Waals surface area contributed by atoms with Gasteiger partial charge in [0.05, 0.1) is 25.4 Å². The van der Waals surface area contributed by atoms with E-state index in [0.717, 1.165) is 51.4 Å². The van der Waals surface area contributed by atoms with Gasteiger partial charge < -0.3 is 20.3 Å². The molecule has 0 heterocycles. The Morgan fingerprint density at radius 2 is 0.617 bits per heavy atom. The summed E-state index contributed by atoms with van der Waals surface area (Å²) in [5, 5.41) is 23.3. The number of hydrogen-bond donors (Lipinski definition) is 3. The van der Waals surface area contributed by atoms with Gasteiger partial charge in [-0.1, -0.05) is 365 Å². The maximum absolute atomic E-state index is 12.5. The summed E-state index contributed by atoms with van der Waals surface area (Å²) in [4.78, 5) is 24.6. The van der Waals surface area contributed by atoms with Gasteiger partial charge in [0.15, 0.2) is 0 Å². The molecule has 3 N–H and O–H groups in total. The third-order valence-corrected chi connectivity index (χ3v) is 17.2. The Kier molecular flexibility index (Phi) is 68.9. The number of aliphatic hydroxyl groups excluding tert-OH is 2. The molecule has 0 bridgehead atoms. The molecule has 0 spiro atoms. The number of carbonyl (C=O) groups excluding carboxylic acids is 2. The van der Waals surface area contributed by atoms with Crippen LogP contribution in [0, 0.1) is 0 Å². The van der Waals surface area contributed by atoms with E-state index >= 15 is 0 Å². The van der Waals surface area contributed by atoms with E-state index in [0.29, 0.717) is 19.4 Å². The van der Waals surface area contributed by atoms with E-state index in [4.69, 9.17) is 4.74 Å². The zero-order chi connectivity index (χ0) is 58.5. The number of rotatable bonds is 69. The Balaban J connectivity index is 3.41. The normalized spacial score (nSPS) is 12.7. The molecule has 2 atom stereocenters. The fourth-order valence-corrected chi connectivity index (χ4v) is 11.6. The molecule has 0 aliphatic carbocycles. The number of aliphatic hydroxyl groups is 2. The van der Waals surface area contributed by atoms with Crippen LogP contribution in [-0.4, -0.2) is 47.4 Å². The van der Waals surface area contributed by atoms with Crippen LogP contribution in [0.3, 0.4) is 0 Å². The zero-order valence-corrected chi connectivity index (χ0v) is 54.8. The molecule has 0 aromatic rings. The van der Waals surface area contributed by atoms with Crippen molar-refractivity contribution in [2.45, 2.75) is 418 Å². The van der Waals surface area contributed by atoms with Gasteiger partial charge in [0, 0.05) is 12.8 Å². The Morgan fingerprint density at radius 3 is 0.951 bits per heavy atom. The zero-order valence-electron chi connectivity index (χ0n) is 54.8. The van der Waals surface area contributed by atoms with Crippen molar-refractivity contribution in [1.82, 2.24) is 5.32 Å². The second-order valence-corrected chi connectivity index (χ2v) is 25.3. The number of carbonyl (C=O) groups is 2. The summed E-state index contributed by atoms with van der Waals surface area (Å²) < 4.78 is 5.49. The molecule has 0 aromatic heterocycles. The molecule has 0 aliphatic heterocycles. The van der Waals surface area contributed by atoms with E-state index in [1.165, 1.54) is 327 Å². The van der Waals surface area contributed by atoms with Crippen molar-refractivity contribution < 1.29 is 24.5 Å². The fraction of sp³-hybridized carbons (Fsp3) is 0.893. The average molecular weight is 1140 g/mol. The number of esters is 1. The molecule has 0 fully saturated rings. The van der Waals surface area contributed by atoms with E-state index in [-0.39, 0.29) is 18.5 Å². The molecule has 1 amide bonds. The van der Waals surface area contributed by atoms with Gasteiger partial charge in [0.25, 0.3) is 0 Å². The van der Waals surface area contributed by atoms with Gasteiger partial charge in [-0.05, 0) is 64.2 Å². The number of hydrogen-bond acceptors (Lipinski definition) is 5. The molecule has 0 saturated carbocycles. The lowest BCUT2D eigenvalue weighted by Gasteiger charge is -2.20. The van der Waals surface area contributed by atoms with E-state index in [2.05, 4.69) is 43.5 Å². The van der Waals surface area contributed by atoms with Gasteiger partial charge in [0.1, 0.15) is 0 Å². The predicted molar refractivity (Wildman–Crippen MR) is 356 cm³/mol. The Bertz CT molecular complexity index is 1310. The fourth-order valence-electron chi connectivity index (χ4n) is 11.6. The molecular formula is C75H143NO5. The summed E-state index contributed by atoms with van der Waals surface area (Å²) in [5.41, 5.74) is 0. The first kappa shape index (κ1) is 79.1. The first-order valence-corrected chi connectivity index (χ1v) is 36.8. The maximum atomic E-state index is 12.5. The highest BCUT2D eigenvalue weighted by molar-refractivity contribution is 5.76. The van der Waals surface area contributed by atoms with Crippen molar-refractivity contribution in [3.8, 4) is 0 Å². The Morgan fingerprint density at radius 1 is 0.346 bits per heavy atom. The van der Waals surface area contributed by atoms with Crippen LogP contribution in [-0.2, 0) is 14.3 Å². The van der Waals surface area contributed by atoms with Crippen LogP contribution in [0.25, 0.3) is 0 Å². The minimum atomic E-state index is -0.846. The van der Waals surface area contributed by atoms with E-state index in [1.54, 1.807) is 6.08 Å². The number of ether oxygens (including phenoxy) is 1. The second-order valence-electron chi connectivity index (χ2n) is 25.3. The second kappa shape index (κ2) is 70.6. The highest BCUT2D eigenvalue weighted by atomic mass is 16.5. The van der Waals surface area contributed by atoms with Gasteiger partial charge in [-0.15, -0.1) is 0 Å². The average Bonchev–Trinajstić information content (AvgIpc) is 3.47. The van der Waals surface area contributed by atoms with E-state index in [9.17, 15) is 19.8 Å². The van der Waals surface area contributed by atoms with Crippen LogP contribution in [0.2, 0.25) is 0 Å². The minimum absolute atomic E-state index is 0.00116. The molecular weight excluding hydrogens is 995 g/mol. The Hall–Kier alpha value is -1.92. The number of nitrogens with one attached hydrogen (secondary N) is 1. The lowest BCUT2D eigenvalue weighted by molar-refractivity contribution is -0.143. The molecule has 0 aliphatic rings. The Labute approximate surface area is 506 Å². The van der Waals surface area contributed by atoms with Crippen LogP contribution in [0.1, 0.15) is 406 Å². The summed E-state index contributed by atoms with van der Waals surface area (Å²) in [5.74, 6) is -0.0621. The van der Waals surface area contributed by atoms with Crippen LogP contribution in [0.5, 0.6) is 0 Å². The van der Waals surface area contributed by atoms with Crippen molar-refractivity contribution in [3.05, 3.63) is 36.5 Å². The molecule has 478 valence electrons. The summed E-state index contributed by atoms with van der Waals surface area (Å²) in [7, 11) is 0. The number of allylic oxidation sites excluding steroid dienone is 5. The lowest BCUT2D eigenvalue weighted by Crippen LogP contribution is -2.45. The van der Waals surface area contributed by atoms with Crippen LogP contribution >= 0.6 is 0 Å². The monoisotopic (exact) mass is 1140 g/mol. The van der Waals surface area contributed by atoms with Crippen molar-refractivity contribution in [2.75, 3.05) is 13.2 Å². The van der Waals surface area contributed by atoms with Gasteiger partial charge in [-0.3, -0.25) is 9.59 Å². The number of unbranched alkanes of at least 4 members (excludes halogenated alkanes) is 54. The molecule has 6 heteroatoms. The predicted octanol–water partition coefficient (Wildman–Crippen LogP) is 23.9. The highest BCUT2D eigenvalue weighted by Crippen LogP contribution is 2.19. The SMILES string of the molecule is CCCCCC/C=C\C/C=C\CCCCCCCC(=O)OCCCCCCCCCCCCCCCCCCCCCCCCCC(=O)NC(CO)C(O)/C=C/CCCCCCCCCCCCCCCCCCCCCCCCC. The summed E-state index contributed by atoms with van der Waals surface area (Å²) >= 11 is 0. The third-order valence-electron chi connectivity index (χ3n) is 17.2. The first-order valence-electron chi connectivity index (χ1n) is 36.8.